The lowest BCUT2D eigenvalue weighted by molar-refractivity contribution is 0.0758. The van der Waals surface area contributed by atoms with E-state index in [-0.39, 0.29) is 11.7 Å². The highest BCUT2D eigenvalue weighted by Crippen LogP contribution is 2.22. The largest absolute Gasteiger partial charge is 0.384 e. The second-order valence-corrected chi connectivity index (χ2v) is 10.2. The van der Waals surface area contributed by atoms with E-state index >= 15 is 0 Å². The molecular weight excluding hydrogens is 508 g/mol. The van der Waals surface area contributed by atoms with Gasteiger partial charge >= 0.3 is 0 Å². The number of nitrogens with one attached hydrogen (secondary N) is 1. The van der Waals surface area contributed by atoms with Gasteiger partial charge in [-0.3, -0.25) is 10.2 Å². The molecule has 39 heavy (non-hydrogen) atoms. The highest BCUT2D eigenvalue weighted by molar-refractivity contribution is 6.30. The van der Waals surface area contributed by atoms with Crippen LogP contribution in [0.25, 0.3) is 11.0 Å². The van der Waals surface area contributed by atoms with Crippen molar-refractivity contribution in [3.63, 3.8) is 0 Å². The first-order chi connectivity index (χ1) is 18.9. The number of hydrogen-bond acceptors (Lipinski definition) is 4. The normalized spacial score (nSPS) is 11.2. The van der Waals surface area contributed by atoms with Crippen LogP contribution in [0.1, 0.15) is 52.6 Å². The van der Waals surface area contributed by atoms with Crippen molar-refractivity contribution in [1.29, 1.82) is 5.41 Å². The first-order valence-corrected chi connectivity index (χ1v) is 13.9. The molecular formula is C31H37ClN6O. The van der Waals surface area contributed by atoms with Crippen LogP contribution in [0.4, 0.5) is 0 Å². The number of imidazole rings is 1. The molecule has 204 valence electrons. The summed E-state index contributed by atoms with van der Waals surface area (Å²) in [5, 5.41) is 8.34. The number of aromatic nitrogens is 2. The third kappa shape index (κ3) is 7.25. The van der Waals surface area contributed by atoms with Crippen LogP contribution in [0.3, 0.4) is 0 Å². The molecule has 0 saturated heterocycles. The molecule has 0 aliphatic heterocycles. The quantitative estimate of drug-likeness (QED) is 0.158. The Balaban J connectivity index is 1.62. The van der Waals surface area contributed by atoms with Crippen LogP contribution in [-0.4, -0.2) is 45.8 Å². The predicted molar refractivity (Wildman–Crippen MR) is 160 cm³/mol. The number of fused-ring (bicyclic) bond motifs is 1. The van der Waals surface area contributed by atoms with Crippen molar-refractivity contribution < 1.29 is 4.79 Å². The fourth-order valence-corrected chi connectivity index (χ4v) is 4.88. The third-order valence-corrected chi connectivity index (χ3v) is 7.23. The van der Waals surface area contributed by atoms with Gasteiger partial charge < -0.3 is 20.9 Å². The summed E-state index contributed by atoms with van der Waals surface area (Å²) < 4.78 is 2.26. The number of carbonyl (C=O) groups is 1. The minimum Gasteiger partial charge on any atom is -0.384 e. The Morgan fingerprint density at radius 1 is 0.949 bits per heavy atom. The second kappa shape index (κ2) is 13.4. The number of nitrogens with zero attached hydrogens (tertiary/aromatic N) is 3. The summed E-state index contributed by atoms with van der Waals surface area (Å²) in [5.41, 5.74) is 16.9. The van der Waals surface area contributed by atoms with Crippen LogP contribution in [0.2, 0.25) is 5.02 Å². The molecule has 0 spiro atoms. The van der Waals surface area contributed by atoms with Gasteiger partial charge in [0.2, 0.25) is 0 Å². The Kier molecular flexibility index (Phi) is 9.74. The second-order valence-electron chi connectivity index (χ2n) is 9.80. The number of nitrogens with two attached hydrogens (primary N) is 2. The summed E-state index contributed by atoms with van der Waals surface area (Å²) in [6, 6.07) is 21.6. The van der Waals surface area contributed by atoms with Gasteiger partial charge in [0.15, 0.2) is 0 Å². The molecule has 7 nitrogen and oxygen atoms in total. The fourth-order valence-electron chi connectivity index (χ4n) is 4.75. The van der Waals surface area contributed by atoms with E-state index in [4.69, 9.17) is 33.5 Å². The third-order valence-electron chi connectivity index (χ3n) is 6.98. The molecule has 0 aliphatic carbocycles. The maximum atomic E-state index is 13.3. The SMILES string of the molecule is CCCCN(CCN)C(=O)c1ccc2c(c1)nc(CCc1ccc(C(=N)N)cc1)n2CCc1ccc(Cl)cc1. The molecule has 8 heteroatoms. The van der Waals surface area contributed by atoms with Crippen LogP contribution in [0, 0.1) is 5.41 Å². The minimum absolute atomic E-state index is 0.00127. The zero-order valence-corrected chi connectivity index (χ0v) is 23.3. The number of benzene rings is 3. The Morgan fingerprint density at radius 2 is 1.62 bits per heavy atom. The monoisotopic (exact) mass is 544 g/mol. The van der Waals surface area contributed by atoms with E-state index in [2.05, 4.69) is 23.6 Å². The average molecular weight is 545 g/mol. The zero-order valence-electron chi connectivity index (χ0n) is 22.5. The number of carbonyl (C=O) groups excluding carboxylic acids is 1. The van der Waals surface area contributed by atoms with E-state index in [0.717, 1.165) is 66.1 Å². The van der Waals surface area contributed by atoms with Crippen LogP contribution in [0.5, 0.6) is 0 Å². The number of amidine groups is 1. The van der Waals surface area contributed by atoms with E-state index < -0.39 is 0 Å². The Bertz CT molecular complexity index is 1410. The van der Waals surface area contributed by atoms with E-state index in [1.54, 1.807) is 0 Å². The highest BCUT2D eigenvalue weighted by atomic mass is 35.5. The number of halogens is 1. The summed E-state index contributed by atoms with van der Waals surface area (Å²) in [7, 11) is 0. The Morgan fingerprint density at radius 3 is 2.28 bits per heavy atom. The standard InChI is InChI=1S/C31H37ClN6O/c1-2-3-18-37(20-17-33)31(39)25-11-14-28-27(21-25)36-29(15-8-22-4-9-24(10-5-22)30(34)35)38(28)19-16-23-6-12-26(32)13-7-23/h4-7,9-14,21H,2-3,8,15-20,33H2,1H3,(H3,34,35). The summed E-state index contributed by atoms with van der Waals surface area (Å²) in [5.74, 6) is 1.04. The van der Waals surface area contributed by atoms with Crippen LogP contribution in [0.15, 0.2) is 66.7 Å². The lowest BCUT2D eigenvalue weighted by Gasteiger charge is -2.22. The molecule has 1 amide bonds. The Labute approximate surface area is 235 Å². The van der Waals surface area contributed by atoms with Crippen LogP contribution >= 0.6 is 11.6 Å². The van der Waals surface area contributed by atoms with Gasteiger partial charge in [-0.2, -0.15) is 0 Å². The maximum Gasteiger partial charge on any atom is 0.253 e. The van der Waals surface area contributed by atoms with Crippen molar-refractivity contribution in [2.24, 2.45) is 11.5 Å². The van der Waals surface area contributed by atoms with Gasteiger partial charge in [-0.05, 0) is 60.7 Å². The summed E-state index contributed by atoms with van der Waals surface area (Å²) in [6.45, 7) is 4.56. The van der Waals surface area contributed by atoms with Crippen molar-refractivity contribution >= 4 is 34.4 Å². The van der Waals surface area contributed by atoms with Crippen molar-refractivity contribution in [2.75, 3.05) is 19.6 Å². The van der Waals surface area contributed by atoms with Gasteiger partial charge in [-0.15, -0.1) is 0 Å². The zero-order chi connectivity index (χ0) is 27.8. The molecule has 5 N–H and O–H groups in total. The topological polar surface area (TPSA) is 114 Å². The highest BCUT2D eigenvalue weighted by Gasteiger charge is 2.18. The molecule has 0 fully saturated rings. The molecule has 4 aromatic rings. The molecule has 0 aliphatic rings. The predicted octanol–water partition coefficient (Wildman–Crippen LogP) is 5.20. The van der Waals surface area contributed by atoms with Crippen LogP contribution < -0.4 is 11.5 Å². The molecule has 3 aromatic carbocycles. The summed E-state index contributed by atoms with van der Waals surface area (Å²) >= 11 is 6.08. The first kappa shape index (κ1) is 28.3. The van der Waals surface area contributed by atoms with E-state index in [1.807, 2.05) is 59.5 Å². The molecule has 0 unspecified atom stereocenters. The number of hydrogen-bond donors (Lipinski definition) is 3. The molecule has 0 saturated carbocycles. The van der Waals surface area contributed by atoms with Crippen molar-refractivity contribution in [2.45, 2.75) is 45.6 Å². The van der Waals surface area contributed by atoms with Crippen molar-refractivity contribution in [3.05, 3.63) is 99.8 Å². The van der Waals surface area contributed by atoms with Gasteiger partial charge in [0.25, 0.3) is 5.91 Å². The van der Waals surface area contributed by atoms with E-state index in [9.17, 15) is 4.79 Å². The molecule has 1 heterocycles. The van der Waals surface area contributed by atoms with Gasteiger partial charge in [0.1, 0.15) is 11.7 Å². The van der Waals surface area contributed by atoms with Crippen molar-refractivity contribution in [1.82, 2.24) is 14.5 Å². The minimum atomic E-state index is -0.00127. The first-order valence-electron chi connectivity index (χ1n) is 13.6. The number of amides is 1. The van der Waals surface area contributed by atoms with Crippen molar-refractivity contribution in [3.8, 4) is 0 Å². The van der Waals surface area contributed by atoms with E-state index in [1.165, 1.54) is 5.56 Å². The number of nitrogen functional groups attached to an aromatic ring is 1. The van der Waals surface area contributed by atoms with E-state index in [0.29, 0.717) is 30.8 Å². The van der Waals surface area contributed by atoms with Gasteiger partial charge in [-0.1, -0.05) is 61.3 Å². The lowest BCUT2D eigenvalue weighted by atomic mass is 10.1. The smallest absolute Gasteiger partial charge is 0.253 e. The van der Waals surface area contributed by atoms with Gasteiger partial charge in [0.05, 0.1) is 11.0 Å². The molecule has 1 aromatic heterocycles. The maximum absolute atomic E-state index is 13.3. The fraction of sp³-hybridized carbons (Fsp3) is 0.323. The Hall–Kier alpha value is -3.68. The lowest BCUT2D eigenvalue weighted by Crippen LogP contribution is -2.36. The van der Waals surface area contributed by atoms with Gasteiger partial charge in [-0.25, -0.2) is 4.98 Å². The molecule has 0 bridgehead atoms. The number of aryl methyl sites for hydroxylation is 4. The summed E-state index contributed by atoms with van der Waals surface area (Å²) in [4.78, 5) is 20.1. The average Bonchev–Trinajstić information content (AvgIpc) is 3.30. The summed E-state index contributed by atoms with van der Waals surface area (Å²) in [6.07, 6.45) is 4.35. The van der Waals surface area contributed by atoms with Crippen LogP contribution in [-0.2, 0) is 25.8 Å². The molecule has 0 atom stereocenters. The van der Waals surface area contributed by atoms with Gasteiger partial charge in [0, 0.05) is 48.7 Å². The molecule has 4 rings (SSSR count). The number of rotatable bonds is 13. The molecule has 0 radical (unpaired) electrons. The number of unbranched alkanes of at least 4 members (excludes halogenated alkanes) is 1.